The summed E-state index contributed by atoms with van der Waals surface area (Å²) in [7, 11) is 1.81. The molecule has 2 atom stereocenters. The number of aryl methyl sites for hydroxylation is 1. The third-order valence-electron chi connectivity index (χ3n) is 6.66. The monoisotopic (exact) mass is 379 g/mol. The topological polar surface area (TPSA) is 88.9 Å². The molecule has 4 fully saturated rings. The van der Waals surface area contributed by atoms with Gasteiger partial charge in [0.15, 0.2) is 0 Å². The summed E-state index contributed by atoms with van der Waals surface area (Å²) in [6, 6.07) is 7.13. The molecule has 2 aromatic rings. The van der Waals surface area contributed by atoms with E-state index in [1.807, 2.05) is 19.2 Å². The molecule has 2 aromatic heterocycles. The van der Waals surface area contributed by atoms with Gasteiger partial charge in [-0.1, -0.05) is 6.07 Å². The molecule has 4 aliphatic rings. The van der Waals surface area contributed by atoms with Crippen molar-refractivity contribution in [2.24, 2.45) is 18.9 Å². The molecule has 7 heteroatoms. The van der Waals surface area contributed by atoms with E-state index in [1.165, 1.54) is 6.42 Å². The first-order chi connectivity index (χ1) is 13.4. The Hall–Kier alpha value is -2.70. The van der Waals surface area contributed by atoms with E-state index in [1.54, 1.807) is 29.2 Å². The Balaban J connectivity index is 1.38. The highest BCUT2D eigenvalue weighted by Crippen LogP contribution is 2.57. The first-order valence-corrected chi connectivity index (χ1v) is 10.0. The van der Waals surface area contributed by atoms with Crippen molar-refractivity contribution in [2.75, 3.05) is 0 Å². The number of carbonyl (C=O) groups is 2. The molecular weight excluding hydrogens is 354 g/mol. The molecule has 2 N–H and O–H groups in total. The van der Waals surface area contributed by atoms with Crippen LogP contribution in [-0.2, 0) is 7.05 Å². The van der Waals surface area contributed by atoms with Crippen molar-refractivity contribution in [2.45, 2.75) is 49.6 Å². The van der Waals surface area contributed by atoms with E-state index in [-0.39, 0.29) is 22.9 Å². The average molecular weight is 379 g/mol. The molecule has 2 unspecified atom stereocenters. The predicted molar refractivity (Wildman–Crippen MR) is 103 cm³/mol. The number of pyridine rings is 1. The van der Waals surface area contributed by atoms with Gasteiger partial charge in [0.2, 0.25) is 0 Å². The van der Waals surface area contributed by atoms with Gasteiger partial charge >= 0.3 is 0 Å². The summed E-state index contributed by atoms with van der Waals surface area (Å²) in [5.74, 6) is 0.839. The van der Waals surface area contributed by atoms with Crippen molar-refractivity contribution >= 4 is 11.8 Å². The lowest BCUT2D eigenvalue weighted by Gasteiger charge is -2.62. The lowest BCUT2D eigenvalue weighted by molar-refractivity contribution is -0.0449. The summed E-state index contributed by atoms with van der Waals surface area (Å²) in [6.07, 6.45) is 9.36. The standard InChI is InChI=1S/C21H25N5O2/c1-26-7-5-17(25-26)19(28)24-21-11-14-8-15(12-21)10-20(9-14,13-21)23-18(27)16-4-2-3-6-22-16/h2-7,14-15H,8-13H2,1H3,(H,23,27)(H,24,28). The number of rotatable bonds is 4. The molecule has 146 valence electrons. The van der Waals surface area contributed by atoms with Gasteiger partial charge in [-0.25, -0.2) is 0 Å². The van der Waals surface area contributed by atoms with Gasteiger partial charge in [-0.3, -0.25) is 19.3 Å². The van der Waals surface area contributed by atoms with Crippen LogP contribution < -0.4 is 10.6 Å². The third-order valence-corrected chi connectivity index (χ3v) is 6.66. The van der Waals surface area contributed by atoms with Crippen LogP contribution >= 0.6 is 0 Å². The van der Waals surface area contributed by atoms with Crippen molar-refractivity contribution in [3.05, 3.63) is 48.0 Å². The largest absolute Gasteiger partial charge is 0.345 e. The molecule has 0 aromatic carbocycles. The molecule has 0 radical (unpaired) electrons. The van der Waals surface area contributed by atoms with Crippen molar-refractivity contribution in [3.63, 3.8) is 0 Å². The van der Waals surface area contributed by atoms with Crippen molar-refractivity contribution in [3.8, 4) is 0 Å². The van der Waals surface area contributed by atoms with E-state index in [4.69, 9.17) is 0 Å². The second kappa shape index (κ2) is 6.15. The number of hydrogen-bond acceptors (Lipinski definition) is 4. The van der Waals surface area contributed by atoms with Gasteiger partial charge < -0.3 is 10.6 Å². The molecule has 28 heavy (non-hydrogen) atoms. The molecule has 2 heterocycles. The van der Waals surface area contributed by atoms with Crippen LogP contribution in [0.4, 0.5) is 0 Å². The lowest BCUT2D eigenvalue weighted by atomic mass is 9.49. The number of amides is 2. The Morgan fingerprint density at radius 3 is 2.18 bits per heavy atom. The van der Waals surface area contributed by atoms with E-state index < -0.39 is 0 Å². The number of nitrogens with one attached hydrogen (secondary N) is 2. The number of carbonyl (C=O) groups excluding carboxylic acids is 2. The second-order valence-corrected chi connectivity index (χ2v) is 9.02. The third kappa shape index (κ3) is 2.99. The molecule has 4 bridgehead atoms. The van der Waals surface area contributed by atoms with Gasteiger partial charge in [0.05, 0.1) is 0 Å². The Kier molecular flexibility index (Phi) is 3.82. The van der Waals surface area contributed by atoms with E-state index in [0.29, 0.717) is 23.2 Å². The Morgan fingerprint density at radius 1 is 1.00 bits per heavy atom. The fraction of sp³-hybridized carbons (Fsp3) is 0.524. The quantitative estimate of drug-likeness (QED) is 0.851. The highest BCUT2D eigenvalue weighted by atomic mass is 16.2. The molecular formula is C21H25N5O2. The van der Waals surface area contributed by atoms with Crippen LogP contribution in [0.3, 0.4) is 0 Å². The molecule has 7 nitrogen and oxygen atoms in total. The van der Waals surface area contributed by atoms with Crippen molar-refractivity contribution < 1.29 is 9.59 Å². The summed E-state index contributed by atoms with van der Waals surface area (Å²) < 4.78 is 1.64. The van der Waals surface area contributed by atoms with Crippen LogP contribution in [0.1, 0.15) is 59.5 Å². The fourth-order valence-corrected chi connectivity index (χ4v) is 6.20. The predicted octanol–water partition coefficient (Wildman–Crippen LogP) is 2.07. The average Bonchev–Trinajstić information content (AvgIpc) is 3.07. The molecule has 4 saturated carbocycles. The minimum Gasteiger partial charge on any atom is -0.345 e. The maximum atomic E-state index is 12.8. The summed E-state index contributed by atoms with van der Waals surface area (Å²) in [5.41, 5.74) is 0.390. The molecule has 0 aliphatic heterocycles. The van der Waals surface area contributed by atoms with Crippen LogP contribution in [0.25, 0.3) is 0 Å². The molecule has 6 rings (SSSR count). The minimum atomic E-state index is -0.254. The Labute approximate surface area is 163 Å². The number of hydrogen-bond donors (Lipinski definition) is 2. The van der Waals surface area contributed by atoms with E-state index in [0.717, 1.165) is 32.1 Å². The smallest absolute Gasteiger partial charge is 0.272 e. The minimum absolute atomic E-state index is 0.117. The van der Waals surface area contributed by atoms with Gasteiger partial charge in [-0.15, -0.1) is 0 Å². The number of nitrogens with zero attached hydrogens (tertiary/aromatic N) is 3. The van der Waals surface area contributed by atoms with Crippen LogP contribution in [0.15, 0.2) is 36.7 Å². The van der Waals surface area contributed by atoms with Crippen LogP contribution in [0.2, 0.25) is 0 Å². The van der Waals surface area contributed by atoms with Crippen molar-refractivity contribution in [1.29, 1.82) is 0 Å². The molecule has 4 aliphatic carbocycles. The highest BCUT2D eigenvalue weighted by molar-refractivity contribution is 5.93. The zero-order chi connectivity index (χ0) is 19.4. The van der Waals surface area contributed by atoms with E-state index >= 15 is 0 Å². The van der Waals surface area contributed by atoms with Gasteiger partial charge in [-0.2, -0.15) is 5.10 Å². The first-order valence-electron chi connectivity index (χ1n) is 10.0. The first kappa shape index (κ1) is 17.4. The summed E-state index contributed by atoms with van der Waals surface area (Å²) in [6.45, 7) is 0. The fourth-order valence-electron chi connectivity index (χ4n) is 6.20. The maximum Gasteiger partial charge on any atom is 0.272 e. The second-order valence-electron chi connectivity index (χ2n) is 9.02. The zero-order valence-corrected chi connectivity index (χ0v) is 16.0. The SMILES string of the molecule is Cn1ccc(C(=O)NC23CC4CC(CC(NC(=O)c5ccccn5)(C4)C2)C3)n1. The van der Waals surface area contributed by atoms with Gasteiger partial charge in [0.1, 0.15) is 11.4 Å². The summed E-state index contributed by atoms with van der Waals surface area (Å²) >= 11 is 0. The van der Waals surface area contributed by atoms with Gasteiger partial charge in [-0.05, 0) is 68.6 Å². The lowest BCUT2D eigenvalue weighted by Crippen LogP contribution is -2.69. The van der Waals surface area contributed by atoms with Crippen LogP contribution in [0.5, 0.6) is 0 Å². The Bertz CT molecular complexity index is 908. The molecule has 2 amide bonds. The zero-order valence-electron chi connectivity index (χ0n) is 16.0. The Morgan fingerprint density at radius 2 is 1.64 bits per heavy atom. The van der Waals surface area contributed by atoms with Crippen LogP contribution in [0, 0.1) is 11.8 Å². The molecule has 0 saturated heterocycles. The summed E-state index contributed by atoms with van der Waals surface area (Å²) in [5, 5.41) is 10.9. The van der Waals surface area contributed by atoms with Gasteiger partial charge in [0, 0.05) is 30.5 Å². The van der Waals surface area contributed by atoms with Gasteiger partial charge in [0.25, 0.3) is 11.8 Å². The molecule has 0 spiro atoms. The van der Waals surface area contributed by atoms with E-state index in [9.17, 15) is 9.59 Å². The van der Waals surface area contributed by atoms with E-state index in [2.05, 4.69) is 20.7 Å². The maximum absolute atomic E-state index is 12.8. The highest BCUT2D eigenvalue weighted by Gasteiger charge is 2.58. The van der Waals surface area contributed by atoms with Crippen molar-refractivity contribution in [1.82, 2.24) is 25.4 Å². The normalized spacial score (nSPS) is 32.9. The number of aromatic nitrogens is 3. The summed E-state index contributed by atoms with van der Waals surface area (Å²) in [4.78, 5) is 29.8. The van der Waals surface area contributed by atoms with Crippen LogP contribution in [-0.4, -0.2) is 37.7 Å².